The van der Waals surface area contributed by atoms with Gasteiger partial charge in [0.2, 0.25) is 0 Å². The second-order valence-corrected chi connectivity index (χ2v) is 7.39. The molecule has 1 atom stereocenters. The highest BCUT2D eigenvalue weighted by atomic mass is 35.5. The maximum absolute atomic E-state index is 12.0. The molecule has 2 N–H and O–H groups in total. The molecule has 20 heavy (non-hydrogen) atoms. The molecule has 0 radical (unpaired) electrons. The average Bonchev–Trinajstić information content (AvgIpc) is 2.76. The third-order valence-corrected chi connectivity index (χ3v) is 5.34. The summed E-state index contributed by atoms with van der Waals surface area (Å²) in [5.41, 5.74) is 0.138. The molecule has 1 aromatic rings. The highest BCUT2D eigenvalue weighted by Gasteiger charge is 2.28. The summed E-state index contributed by atoms with van der Waals surface area (Å²) in [6.07, 6.45) is 0.584. The minimum atomic E-state index is -2.93. The number of carbonyl (C=O) groups is 1. The lowest BCUT2D eigenvalue weighted by Gasteiger charge is -2.10. The van der Waals surface area contributed by atoms with Gasteiger partial charge < -0.3 is 10.6 Å². The zero-order chi connectivity index (χ0) is 14.8. The molecule has 1 aromatic heterocycles. The first kappa shape index (κ1) is 15.1. The third-order valence-electron chi connectivity index (χ3n) is 3.20. The molecule has 8 heteroatoms. The van der Waals surface area contributed by atoms with E-state index in [9.17, 15) is 13.2 Å². The van der Waals surface area contributed by atoms with E-state index in [4.69, 9.17) is 11.6 Å². The summed E-state index contributed by atoms with van der Waals surface area (Å²) in [5.74, 6) is 0.446. The van der Waals surface area contributed by atoms with Gasteiger partial charge in [0.25, 0.3) is 5.91 Å². The molecule has 1 aliphatic heterocycles. The normalized spacial score (nSPS) is 20.6. The van der Waals surface area contributed by atoms with Gasteiger partial charge in [-0.3, -0.25) is 4.79 Å². The number of sulfone groups is 1. The van der Waals surface area contributed by atoms with E-state index in [0.717, 1.165) is 0 Å². The fourth-order valence-electron chi connectivity index (χ4n) is 2.09. The highest BCUT2D eigenvalue weighted by Crippen LogP contribution is 2.19. The molecule has 1 fully saturated rings. The summed E-state index contributed by atoms with van der Waals surface area (Å²) in [7, 11) is -1.23. The van der Waals surface area contributed by atoms with Crippen LogP contribution in [-0.4, -0.2) is 44.4 Å². The first-order valence-corrected chi connectivity index (χ1v) is 8.44. The predicted molar refractivity (Wildman–Crippen MR) is 77.9 cm³/mol. The van der Waals surface area contributed by atoms with Gasteiger partial charge in [-0.1, -0.05) is 11.6 Å². The van der Waals surface area contributed by atoms with Gasteiger partial charge >= 0.3 is 0 Å². The van der Waals surface area contributed by atoms with Crippen LogP contribution in [0.5, 0.6) is 0 Å². The van der Waals surface area contributed by atoms with Crippen LogP contribution in [0.15, 0.2) is 12.1 Å². The number of pyridine rings is 1. The topological polar surface area (TPSA) is 88.2 Å². The number of halogens is 1. The van der Waals surface area contributed by atoms with E-state index in [0.29, 0.717) is 18.8 Å². The summed E-state index contributed by atoms with van der Waals surface area (Å²) < 4.78 is 22.7. The van der Waals surface area contributed by atoms with Crippen LogP contribution in [0.3, 0.4) is 0 Å². The molecule has 1 aliphatic rings. The number of nitrogens with zero attached hydrogens (tertiary/aromatic N) is 1. The van der Waals surface area contributed by atoms with Gasteiger partial charge in [-0.15, -0.1) is 0 Å². The van der Waals surface area contributed by atoms with Crippen molar-refractivity contribution in [3.8, 4) is 0 Å². The number of hydrogen-bond donors (Lipinski definition) is 2. The van der Waals surface area contributed by atoms with Gasteiger partial charge in [0.05, 0.1) is 16.5 Å². The van der Waals surface area contributed by atoms with Crippen LogP contribution in [0, 0.1) is 5.92 Å². The monoisotopic (exact) mass is 317 g/mol. The predicted octanol–water partition coefficient (Wildman–Crippen LogP) is 0.941. The fraction of sp³-hybridized carbons (Fsp3) is 0.500. The van der Waals surface area contributed by atoms with Crippen molar-refractivity contribution in [2.45, 2.75) is 6.42 Å². The average molecular weight is 318 g/mol. The lowest BCUT2D eigenvalue weighted by atomic mass is 10.1. The number of hydrogen-bond acceptors (Lipinski definition) is 5. The third kappa shape index (κ3) is 3.61. The van der Waals surface area contributed by atoms with E-state index in [2.05, 4.69) is 15.6 Å². The van der Waals surface area contributed by atoms with Crippen LogP contribution in [0.1, 0.15) is 16.9 Å². The van der Waals surface area contributed by atoms with Gasteiger partial charge in [0.1, 0.15) is 11.5 Å². The van der Waals surface area contributed by atoms with Crippen LogP contribution in [-0.2, 0) is 9.84 Å². The standard InChI is InChI=1S/C12H16ClN3O3S/c1-14-10-3-2-9(13)11(16-10)12(17)15-6-8-4-5-20(18,19)7-8/h2-3,8H,4-7H2,1H3,(H,14,16)(H,15,17). The Morgan fingerprint density at radius 2 is 2.25 bits per heavy atom. The van der Waals surface area contributed by atoms with Crippen molar-refractivity contribution in [3.05, 3.63) is 22.8 Å². The summed E-state index contributed by atoms with van der Waals surface area (Å²) in [4.78, 5) is 16.1. The van der Waals surface area contributed by atoms with Crippen LogP contribution in [0.25, 0.3) is 0 Å². The molecule has 6 nitrogen and oxygen atoms in total. The van der Waals surface area contributed by atoms with Crippen molar-refractivity contribution < 1.29 is 13.2 Å². The molecule has 110 valence electrons. The van der Waals surface area contributed by atoms with Crippen molar-refractivity contribution in [2.75, 3.05) is 30.4 Å². The molecular weight excluding hydrogens is 302 g/mol. The van der Waals surface area contributed by atoms with Crippen molar-refractivity contribution in [2.24, 2.45) is 5.92 Å². The van der Waals surface area contributed by atoms with Crippen molar-refractivity contribution in [3.63, 3.8) is 0 Å². The zero-order valence-corrected chi connectivity index (χ0v) is 12.6. The van der Waals surface area contributed by atoms with Gasteiger partial charge in [0, 0.05) is 13.6 Å². The lowest BCUT2D eigenvalue weighted by molar-refractivity contribution is 0.0943. The smallest absolute Gasteiger partial charge is 0.271 e. The van der Waals surface area contributed by atoms with Gasteiger partial charge in [0.15, 0.2) is 9.84 Å². The molecular formula is C12H16ClN3O3S. The molecule has 2 rings (SSSR count). The molecule has 1 unspecified atom stereocenters. The summed E-state index contributed by atoms with van der Waals surface area (Å²) in [6.45, 7) is 0.319. The first-order chi connectivity index (χ1) is 9.41. The number of amides is 1. The fourth-order valence-corrected chi connectivity index (χ4v) is 4.15. The van der Waals surface area contributed by atoms with Crippen LogP contribution < -0.4 is 10.6 Å². The second kappa shape index (κ2) is 5.97. The van der Waals surface area contributed by atoms with Crippen LogP contribution in [0.4, 0.5) is 5.82 Å². The molecule has 2 heterocycles. The van der Waals surface area contributed by atoms with Gasteiger partial charge in [-0.2, -0.15) is 0 Å². The molecule has 1 saturated heterocycles. The maximum atomic E-state index is 12.0. The number of anilines is 1. The van der Waals surface area contributed by atoms with Crippen molar-refractivity contribution >= 4 is 33.2 Å². The Morgan fingerprint density at radius 3 is 2.85 bits per heavy atom. The number of aromatic nitrogens is 1. The number of nitrogens with one attached hydrogen (secondary N) is 2. The Kier molecular flexibility index (Phi) is 4.49. The summed E-state index contributed by atoms with van der Waals surface area (Å²) >= 11 is 5.94. The van der Waals surface area contributed by atoms with E-state index in [1.807, 2.05) is 0 Å². The Morgan fingerprint density at radius 1 is 1.50 bits per heavy atom. The van der Waals surface area contributed by atoms with Crippen LogP contribution >= 0.6 is 11.6 Å². The first-order valence-electron chi connectivity index (χ1n) is 6.24. The maximum Gasteiger partial charge on any atom is 0.271 e. The molecule has 0 aliphatic carbocycles. The van der Waals surface area contributed by atoms with Gasteiger partial charge in [-0.25, -0.2) is 13.4 Å². The second-order valence-electron chi connectivity index (χ2n) is 4.76. The SMILES string of the molecule is CNc1ccc(Cl)c(C(=O)NCC2CCS(=O)(=O)C2)n1. The minimum Gasteiger partial charge on any atom is -0.373 e. The quantitative estimate of drug-likeness (QED) is 0.863. The number of carbonyl (C=O) groups excluding carboxylic acids is 1. The highest BCUT2D eigenvalue weighted by molar-refractivity contribution is 7.91. The van der Waals surface area contributed by atoms with Crippen molar-refractivity contribution in [1.29, 1.82) is 0 Å². The van der Waals surface area contributed by atoms with E-state index in [1.54, 1.807) is 19.2 Å². The van der Waals surface area contributed by atoms with E-state index < -0.39 is 15.7 Å². The van der Waals surface area contributed by atoms with Crippen molar-refractivity contribution in [1.82, 2.24) is 10.3 Å². The lowest BCUT2D eigenvalue weighted by Crippen LogP contribution is -2.30. The summed E-state index contributed by atoms with van der Waals surface area (Å²) in [6, 6.07) is 3.26. The Hall–Kier alpha value is -1.34. The Labute approximate surface area is 122 Å². The molecule has 0 saturated carbocycles. The van der Waals surface area contributed by atoms with Crippen LogP contribution in [0.2, 0.25) is 5.02 Å². The Balaban J connectivity index is 1.99. The molecule has 0 spiro atoms. The summed E-state index contributed by atoms with van der Waals surface area (Å²) in [5, 5.41) is 5.79. The van der Waals surface area contributed by atoms with E-state index in [1.165, 1.54) is 0 Å². The molecule has 0 bridgehead atoms. The number of rotatable bonds is 4. The minimum absolute atomic E-state index is 0.0322. The van der Waals surface area contributed by atoms with Gasteiger partial charge in [-0.05, 0) is 24.5 Å². The Bertz CT molecular complexity index is 618. The zero-order valence-electron chi connectivity index (χ0n) is 11.0. The molecule has 0 aromatic carbocycles. The molecule has 1 amide bonds. The largest absolute Gasteiger partial charge is 0.373 e. The van der Waals surface area contributed by atoms with E-state index in [-0.39, 0.29) is 28.1 Å². The van der Waals surface area contributed by atoms with E-state index >= 15 is 0 Å².